The van der Waals surface area contributed by atoms with E-state index in [-0.39, 0.29) is 17.5 Å². The SMILES string of the molecule is COC(=O)C1CCC2(CCN(C(=O)OC(C)(C)C)CC2)C1O. The molecule has 1 N–H and O–H groups in total. The van der Waals surface area contributed by atoms with Gasteiger partial charge in [0.25, 0.3) is 0 Å². The first-order valence-electron chi connectivity index (χ1n) is 7.92. The Morgan fingerprint density at radius 1 is 1.18 bits per heavy atom. The third-order valence-corrected chi connectivity index (χ3v) is 4.88. The minimum absolute atomic E-state index is 0.266. The van der Waals surface area contributed by atoms with Gasteiger partial charge in [0.05, 0.1) is 19.1 Å². The highest BCUT2D eigenvalue weighted by atomic mass is 16.6. The molecule has 2 aliphatic rings. The summed E-state index contributed by atoms with van der Waals surface area (Å²) >= 11 is 0. The number of esters is 1. The molecule has 126 valence electrons. The number of likely N-dealkylation sites (tertiary alicyclic amines) is 1. The quantitative estimate of drug-likeness (QED) is 0.749. The zero-order valence-corrected chi connectivity index (χ0v) is 13.9. The zero-order valence-electron chi connectivity index (χ0n) is 13.9. The first-order chi connectivity index (χ1) is 10.2. The highest BCUT2D eigenvalue weighted by Gasteiger charge is 2.52. The predicted molar refractivity (Wildman–Crippen MR) is 80.2 cm³/mol. The maximum absolute atomic E-state index is 12.1. The van der Waals surface area contributed by atoms with Gasteiger partial charge in [-0.25, -0.2) is 4.79 Å². The van der Waals surface area contributed by atoms with Crippen LogP contribution in [-0.2, 0) is 14.3 Å². The third kappa shape index (κ3) is 3.37. The van der Waals surface area contributed by atoms with Crippen molar-refractivity contribution in [3.63, 3.8) is 0 Å². The molecule has 1 saturated carbocycles. The maximum Gasteiger partial charge on any atom is 0.410 e. The second kappa shape index (κ2) is 6.07. The number of hydrogen-bond acceptors (Lipinski definition) is 5. The van der Waals surface area contributed by atoms with Crippen LogP contribution >= 0.6 is 0 Å². The summed E-state index contributed by atoms with van der Waals surface area (Å²) in [7, 11) is 1.35. The smallest absolute Gasteiger partial charge is 0.410 e. The summed E-state index contributed by atoms with van der Waals surface area (Å²) in [6.07, 6.45) is 1.86. The van der Waals surface area contributed by atoms with E-state index in [1.807, 2.05) is 20.8 Å². The van der Waals surface area contributed by atoms with Gasteiger partial charge in [0.15, 0.2) is 0 Å². The monoisotopic (exact) mass is 313 g/mol. The van der Waals surface area contributed by atoms with E-state index in [0.29, 0.717) is 32.4 Å². The minimum Gasteiger partial charge on any atom is -0.469 e. The average molecular weight is 313 g/mol. The fourth-order valence-corrected chi connectivity index (χ4v) is 3.58. The van der Waals surface area contributed by atoms with Crippen molar-refractivity contribution in [2.24, 2.45) is 11.3 Å². The summed E-state index contributed by atoms with van der Waals surface area (Å²) in [5.41, 5.74) is -0.771. The topological polar surface area (TPSA) is 76.1 Å². The van der Waals surface area contributed by atoms with Gasteiger partial charge in [0.1, 0.15) is 5.60 Å². The van der Waals surface area contributed by atoms with Crippen LogP contribution in [0.2, 0.25) is 0 Å². The first-order valence-corrected chi connectivity index (χ1v) is 7.92. The number of amides is 1. The summed E-state index contributed by atoms with van der Waals surface area (Å²) < 4.78 is 10.2. The van der Waals surface area contributed by atoms with Gasteiger partial charge in [-0.05, 0) is 46.5 Å². The summed E-state index contributed by atoms with van der Waals surface area (Å²) in [6, 6.07) is 0. The van der Waals surface area contributed by atoms with E-state index in [0.717, 1.165) is 6.42 Å². The van der Waals surface area contributed by atoms with E-state index in [1.54, 1.807) is 4.90 Å². The van der Waals surface area contributed by atoms with Crippen LogP contribution in [0.3, 0.4) is 0 Å². The Labute approximate surface area is 131 Å². The fourth-order valence-electron chi connectivity index (χ4n) is 3.58. The van der Waals surface area contributed by atoms with Crippen LogP contribution in [0.1, 0.15) is 46.5 Å². The lowest BCUT2D eigenvalue weighted by molar-refractivity contribution is -0.150. The number of aliphatic hydroxyl groups excluding tert-OH is 1. The fraction of sp³-hybridized carbons (Fsp3) is 0.875. The molecule has 1 aliphatic heterocycles. The van der Waals surface area contributed by atoms with Gasteiger partial charge < -0.3 is 19.5 Å². The van der Waals surface area contributed by atoms with Crippen molar-refractivity contribution in [1.29, 1.82) is 0 Å². The van der Waals surface area contributed by atoms with Crippen LogP contribution in [0.5, 0.6) is 0 Å². The molecule has 1 heterocycles. The largest absolute Gasteiger partial charge is 0.469 e. The van der Waals surface area contributed by atoms with Crippen molar-refractivity contribution in [2.45, 2.75) is 58.2 Å². The van der Waals surface area contributed by atoms with E-state index in [2.05, 4.69) is 0 Å². The molecule has 1 spiro atoms. The average Bonchev–Trinajstić information content (AvgIpc) is 2.74. The normalized spacial score (nSPS) is 27.8. The molecular formula is C16H27NO5. The van der Waals surface area contributed by atoms with Crippen LogP contribution in [0, 0.1) is 11.3 Å². The molecule has 0 bridgehead atoms. The molecule has 0 aromatic heterocycles. The first kappa shape index (κ1) is 17.1. The van der Waals surface area contributed by atoms with E-state index >= 15 is 0 Å². The number of rotatable bonds is 1. The Hall–Kier alpha value is -1.30. The molecule has 6 heteroatoms. The number of hydrogen-bond donors (Lipinski definition) is 1. The lowest BCUT2D eigenvalue weighted by atomic mass is 9.74. The van der Waals surface area contributed by atoms with Crippen LogP contribution in [0.4, 0.5) is 4.79 Å². The summed E-state index contributed by atoms with van der Waals surface area (Å²) in [5.74, 6) is -0.767. The number of aliphatic hydroxyl groups is 1. The Balaban J connectivity index is 1.95. The molecule has 1 aliphatic carbocycles. The van der Waals surface area contributed by atoms with Crippen molar-refractivity contribution < 1.29 is 24.2 Å². The van der Waals surface area contributed by atoms with E-state index in [1.165, 1.54) is 7.11 Å². The molecule has 0 aromatic carbocycles. The second-order valence-corrected chi connectivity index (χ2v) is 7.44. The lowest BCUT2D eigenvalue weighted by Gasteiger charge is -2.42. The van der Waals surface area contributed by atoms with Crippen molar-refractivity contribution in [1.82, 2.24) is 4.90 Å². The van der Waals surface area contributed by atoms with Gasteiger partial charge in [-0.15, -0.1) is 0 Å². The Morgan fingerprint density at radius 3 is 2.27 bits per heavy atom. The van der Waals surface area contributed by atoms with Gasteiger partial charge in [-0.3, -0.25) is 4.79 Å². The molecule has 22 heavy (non-hydrogen) atoms. The van der Waals surface area contributed by atoms with E-state index in [9.17, 15) is 14.7 Å². The van der Waals surface area contributed by atoms with Gasteiger partial charge >= 0.3 is 12.1 Å². The number of carbonyl (C=O) groups is 2. The molecule has 1 amide bonds. The van der Waals surface area contributed by atoms with Crippen molar-refractivity contribution in [3.05, 3.63) is 0 Å². The number of ether oxygens (including phenoxy) is 2. The lowest BCUT2D eigenvalue weighted by Crippen LogP contribution is -2.48. The summed E-state index contributed by atoms with van der Waals surface area (Å²) in [5, 5.41) is 10.5. The van der Waals surface area contributed by atoms with E-state index in [4.69, 9.17) is 9.47 Å². The molecule has 2 atom stereocenters. The van der Waals surface area contributed by atoms with Gasteiger partial charge in [0, 0.05) is 18.5 Å². The third-order valence-electron chi connectivity index (χ3n) is 4.88. The van der Waals surface area contributed by atoms with Crippen LogP contribution < -0.4 is 0 Å². The highest BCUT2D eigenvalue weighted by molar-refractivity contribution is 5.73. The number of piperidine rings is 1. The molecule has 1 saturated heterocycles. The second-order valence-electron chi connectivity index (χ2n) is 7.44. The van der Waals surface area contributed by atoms with Crippen LogP contribution in [0.15, 0.2) is 0 Å². The number of nitrogens with zero attached hydrogens (tertiary/aromatic N) is 1. The Morgan fingerprint density at radius 2 is 1.77 bits per heavy atom. The van der Waals surface area contributed by atoms with Gasteiger partial charge in [0.2, 0.25) is 0 Å². The summed E-state index contributed by atoms with van der Waals surface area (Å²) in [4.78, 5) is 25.5. The van der Waals surface area contributed by atoms with Gasteiger partial charge in [-0.1, -0.05) is 0 Å². The predicted octanol–water partition coefficient (Wildman–Crippen LogP) is 1.95. The standard InChI is InChI=1S/C16H27NO5/c1-15(2,3)22-14(20)17-9-7-16(8-10-17)6-5-11(12(16)18)13(19)21-4/h11-12,18H,5-10H2,1-4H3. The van der Waals surface area contributed by atoms with Crippen molar-refractivity contribution in [2.75, 3.05) is 20.2 Å². The molecule has 0 aromatic rings. The highest BCUT2D eigenvalue weighted by Crippen LogP contribution is 2.49. The molecule has 2 rings (SSSR count). The van der Waals surface area contributed by atoms with Crippen LogP contribution in [0.25, 0.3) is 0 Å². The van der Waals surface area contributed by atoms with Crippen molar-refractivity contribution in [3.8, 4) is 0 Å². The maximum atomic E-state index is 12.1. The van der Waals surface area contributed by atoms with Crippen LogP contribution in [-0.4, -0.2) is 54.0 Å². The number of carbonyl (C=O) groups excluding carboxylic acids is 2. The van der Waals surface area contributed by atoms with E-state index < -0.39 is 17.6 Å². The van der Waals surface area contributed by atoms with Gasteiger partial charge in [-0.2, -0.15) is 0 Å². The summed E-state index contributed by atoms with van der Waals surface area (Å²) in [6.45, 7) is 6.65. The Kier molecular flexibility index (Phi) is 4.70. The molecule has 2 unspecified atom stereocenters. The molecule has 2 fully saturated rings. The van der Waals surface area contributed by atoms with Crippen molar-refractivity contribution >= 4 is 12.1 Å². The Bertz CT molecular complexity index is 434. The molecular weight excluding hydrogens is 286 g/mol. The number of methoxy groups -OCH3 is 1. The zero-order chi connectivity index (χ0) is 16.5. The molecule has 6 nitrogen and oxygen atoms in total. The minimum atomic E-state index is -0.680. The molecule has 0 radical (unpaired) electrons.